The molecule has 0 saturated carbocycles. The molecule has 7 aromatic carbocycles. The lowest BCUT2D eigenvalue weighted by atomic mass is 9.92. The number of unbranched alkanes of at least 4 members (excludes halogenated alkanes) is 1. The Kier molecular flexibility index (Phi) is 18.8. The highest BCUT2D eigenvalue weighted by molar-refractivity contribution is 5.93. The Morgan fingerprint density at radius 1 is 0.571 bits per heavy atom. The quantitative estimate of drug-likeness (QED) is 0.0471. The van der Waals surface area contributed by atoms with Gasteiger partial charge in [0.15, 0.2) is 0 Å². The fourth-order valence-corrected chi connectivity index (χ4v) is 9.63. The van der Waals surface area contributed by atoms with Gasteiger partial charge in [-0.25, -0.2) is 0 Å². The maximum Gasteiger partial charge on any atom is 0.0468 e. The third-order valence-corrected chi connectivity index (χ3v) is 14.2. The van der Waals surface area contributed by atoms with Crippen LogP contribution in [-0.2, 0) is 32.1 Å². The number of fused-ring (bicyclic) bond motifs is 3. The standard InChI is InChI=1S/C54H53N.C15H24/c1-5-39-9-8-10-46-26-25-45(38(4)54(46)35-39)22-19-43-14-11-42(12-15-43)13-16-44-20-29-51(30-21-44)55(52-31-27-47-33-40(6-2)17-23-49(47)36-52)53-32-28-48-34-41(7-3)18-24-50(48)37-53;1-5-11-15(7-3)13-10-8-9-12-14(4)6-2/h11-18,20-21,23-37H,5-10,19,22H2,1-4H3;6,10-13H,2,5,7-9H2,1,3-4H3/b16-13+;13-10-,14-12-,15-11-. The summed E-state index contributed by atoms with van der Waals surface area (Å²) in [6.07, 6.45) is 31.4. The van der Waals surface area contributed by atoms with Gasteiger partial charge >= 0.3 is 0 Å². The lowest BCUT2D eigenvalue weighted by Gasteiger charge is -2.26. The van der Waals surface area contributed by atoms with Crippen LogP contribution >= 0.6 is 0 Å². The lowest BCUT2D eigenvalue weighted by molar-refractivity contribution is 0.799. The molecule has 1 heteroatoms. The van der Waals surface area contributed by atoms with Crippen molar-refractivity contribution in [3.63, 3.8) is 0 Å². The molecule has 0 unspecified atom stereocenters. The van der Waals surface area contributed by atoms with Gasteiger partial charge in [-0.2, -0.15) is 0 Å². The van der Waals surface area contributed by atoms with Crippen LogP contribution < -0.4 is 4.90 Å². The van der Waals surface area contributed by atoms with E-state index in [9.17, 15) is 0 Å². The van der Waals surface area contributed by atoms with E-state index in [0.717, 1.165) is 74.8 Å². The number of rotatable bonds is 18. The first-order chi connectivity index (χ1) is 34.2. The molecular weight excluding hydrogens is 843 g/mol. The second-order valence-corrected chi connectivity index (χ2v) is 19.0. The molecule has 358 valence electrons. The summed E-state index contributed by atoms with van der Waals surface area (Å²) < 4.78 is 0. The summed E-state index contributed by atoms with van der Waals surface area (Å²) in [4.78, 5) is 2.39. The second kappa shape index (κ2) is 25.8. The monoisotopic (exact) mass is 920 g/mol. The van der Waals surface area contributed by atoms with E-state index in [2.05, 4.69) is 236 Å². The number of nitrogens with zero attached hydrogens (tertiary/aromatic N) is 1. The molecule has 0 radical (unpaired) electrons. The molecule has 0 amide bonds. The van der Waals surface area contributed by atoms with Crippen LogP contribution in [0.3, 0.4) is 0 Å². The zero-order chi connectivity index (χ0) is 49.2. The highest BCUT2D eigenvalue weighted by Gasteiger charge is 2.15. The summed E-state index contributed by atoms with van der Waals surface area (Å²) in [5.74, 6) is 0. The first kappa shape index (κ1) is 51.2. The maximum atomic E-state index is 3.73. The first-order valence-corrected chi connectivity index (χ1v) is 26.4. The van der Waals surface area contributed by atoms with Gasteiger partial charge in [-0.3, -0.25) is 0 Å². The van der Waals surface area contributed by atoms with E-state index in [-0.39, 0.29) is 0 Å². The van der Waals surface area contributed by atoms with Crippen LogP contribution in [0.5, 0.6) is 0 Å². The second-order valence-electron chi connectivity index (χ2n) is 19.0. The molecule has 70 heavy (non-hydrogen) atoms. The van der Waals surface area contributed by atoms with Gasteiger partial charge in [-0.15, -0.1) is 0 Å². The van der Waals surface area contributed by atoms with Crippen molar-refractivity contribution in [3.05, 3.63) is 237 Å². The summed E-state index contributed by atoms with van der Waals surface area (Å²) >= 11 is 0. The van der Waals surface area contributed by atoms with Gasteiger partial charge in [-0.1, -0.05) is 204 Å². The van der Waals surface area contributed by atoms with Crippen molar-refractivity contribution in [2.75, 3.05) is 4.90 Å². The van der Waals surface area contributed by atoms with Crippen molar-refractivity contribution in [3.8, 4) is 0 Å². The molecule has 0 spiro atoms. The van der Waals surface area contributed by atoms with E-state index in [0.29, 0.717) is 0 Å². The van der Waals surface area contributed by atoms with Crippen LogP contribution in [0.4, 0.5) is 17.1 Å². The van der Waals surface area contributed by atoms with Crippen molar-refractivity contribution < 1.29 is 0 Å². The summed E-state index contributed by atoms with van der Waals surface area (Å²) in [7, 11) is 0. The molecule has 0 bridgehead atoms. The predicted molar refractivity (Wildman–Crippen MR) is 311 cm³/mol. The Hall–Kier alpha value is -6.70. The summed E-state index contributed by atoms with van der Waals surface area (Å²) in [5, 5.41) is 5.08. The molecule has 1 nitrogen and oxygen atoms in total. The molecule has 0 aliphatic heterocycles. The topological polar surface area (TPSA) is 3.24 Å². The Bertz CT molecular complexity index is 2910. The Morgan fingerprint density at radius 3 is 1.71 bits per heavy atom. The van der Waals surface area contributed by atoms with Crippen molar-refractivity contribution >= 4 is 56.8 Å². The average molecular weight is 920 g/mol. The molecule has 0 N–H and O–H groups in total. The van der Waals surface area contributed by atoms with Gasteiger partial charge in [0.1, 0.15) is 0 Å². The fraction of sp³-hybridized carbons (Fsp3) is 0.275. The van der Waals surface area contributed by atoms with Gasteiger partial charge in [-0.05, 0) is 199 Å². The van der Waals surface area contributed by atoms with Crippen LogP contribution in [0.1, 0.15) is 137 Å². The van der Waals surface area contributed by atoms with Crippen molar-refractivity contribution in [2.24, 2.45) is 0 Å². The zero-order valence-electron chi connectivity index (χ0n) is 43.5. The molecule has 0 fully saturated rings. The number of allylic oxidation sites excluding steroid dienone is 8. The van der Waals surface area contributed by atoms with Gasteiger partial charge in [0.25, 0.3) is 0 Å². The third-order valence-electron chi connectivity index (χ3n) is 14.2. The number of hydrogen-bond acceptors (Lipinski definition) is 1. The van der Waals surface area contributed by atoms with Crippen LogP contribution in [0.15, 0.2) is 187 Å². The SMILES string of the molecule is C=C/C(C)=C\CC/C=C\C(=C/CC)CC.CCC1=Cc2c(ccc(CCc3ccc(/C=C/c4ccc(N(c5ccc6cc(CC)ccc6c5)c5ccc6cc(CC)ccc6c5)cc4)cc3)c2C)CCC1. The van der Waals surface area contributed by atoms with Gasteiger partial charge in [0.2, 0.25) is 0 Å². The van der Waals surface area contributed by atoms with Crippen molar-refractivity contribution in [1.29, 1.82) is 0 Å². The third kappa shape index (κ3) is 13.8. The lowest BCUT2D eigenvalue weighted by Crippen LogP contribution is -2.10. The average Bonchev–Trinajstić information content (AvgIpc) is 3.63. The normalized spacial score (nSPS) is 13.0. The summed E-state index contributed by atoms with van der Waals surface area (Å²) in [6, 6.07) is 50.2. The number of hydrogen-bond donors (Lipinski definition) is 0. The van der Waals surface area contributed by atoms with Gasteiger partial charge < -0.3 is 4.90 Å². The minimum Gasteiger partial charge on any atom is -0.310 e. The van der Waals surface area contributed by atoms with Gasteiger partial charge in [0, 0.05) is 17.1 Å². The van der Waals surface area contributed by atoms with Crippen molar-refractivity contribution in [1.82, 2.24) is 0 Å². The first-order valence-electron chi connectivity index (χ1n) is 26.4. The molecule has 8 rings (SSSR count). The number of benzene rings is 7. The Morgan fingerprint density at radius 2 is 1.14 bits per heavy atom. The fourth-order valence-electron chi connectivity index (χ4n) is 9.63. The van der Waals surface area contributed by atoms with E-state index in [1.54, 1.807) is 5.57 Å². The Balaban J connectivity index is 0.000000417. The molecule has 1 aliphatic carbocycles. The molecular formula is C69H77N. The molecule has 1 aliphatic rings. The van der Waals surface area contributed by atoms with E-state index in [1.165, 1.54) is 102 Å². The smallest absolute Gasteiger partial charge is 0.0468 e. The van der Waals surface area contributed by atoms with Crippen LogP contribution in [0, 0.1) is 6.92 Å². The maximum absolute atomic E-state index is 3.73. The van der Waals surface area contributed by atoms with Crippen LogP contribution in [0.25, 0.3) is 39.8 Å². The Labute approximate surface area is 422 Å². The summed E-state index contributed by atoms with van der Waals surface area (Å²) in [5.41, 5.74) is 20.3. The minimum absolute atomic E-state index is 1.04. The van der Waals surface area contributed by atoms with Gasteiger partial charge in [0.05, 0.1) is 0 Å². The molecule has 7 aromatic rings. The van der Waals surface area contributed by atoms with E-state index < -0.39 is 0 Å². The molecule has 0 atom stereocenters. The largest absolute Gasteiger partial charge is 0.310 e. The van der Waals surface area contributed by atoms with Crippen LogP contribution in [0.2, 0.25) is 0 Å². The predicted octanol–water partition coefficient (Wildman–Crippen LogP) is 20.2. The zero-order valence-corrected chi connectivity index (χ0v) is 43.5. The number of anilines is 3. The summed E-state index contributed by atoms with van der Waals surface area (Å²) in [6.45, 7) is 19.3. The van der Waals surface area contributed by atoms with Crippen LogP contribution in [-0.4, -0.2) is 0 Å². The highest BCUT2D eigenvalue weighted by atomic mass is 15.1. The molecule has 0 heterocycles. The highest BCUT2D eigenvalue weighted by Crippen LogP contribution is 2.38. The van der Waals surface area contributed by atoms with E-state index in [1.807, 2.05) is 6.08 Å². The van der Waals surface area contributed by atoms with E-state index >= 15 is 0 Å². The van der Waals surface area contributed by atoms with Crippen molar-refractivity contribution in [2.45, 2.75) is 126 Å². The number of aryl methyl sites for hydroxylation is 5. The van der Waals surface area contributed by atoms with E-state index in [4.69, 9.17) is 0 Å². The molecule has 0 aromatic heterocycles. The minimum atomic E-state index is 1.04. The molecule has 0 saturated heterocycles.